The van der Waals surface area contributed by atoms with E-state index in [2.05, 4.69) is 4.98 Å². The summed E-state index contributed by atoms with van der Waals surface area (Å²) in [4.78, 5) is 39.0. The maximum absolute atomic E-state index is 12.1. The number of nitrogens with two attached hydrogens (primary N) is 1. The molecule has 2 amide bonds. The van der Waals surface area contributed by atoms with Gasteiger partial charge in [0.25, 0.3) is 0 Å². The number of nitrogens with zero attached hydrogens (tertiary/aromatic N) is 1. The third-order valence-electron chi connectivity index (χ3n) is 3.86. The smallest absolute Gasteiger partial charge is 0.248 e. The van der Waals surface area contributed by atoms with Gasteiger partial charge in [-0.15, -0.1) is 0 Å². The molecule has 0 unspecified atom stereocenters. The van der Waals surface area contributed by atoms with Crippen molar-refractivity contribution in [3.63, 3.8) is 0 Å². The molecule has 0 aliphatic carbocycles. The molecule has 6 heteroatoms. The Kier molecular flexibility index (Phi) is 3.21. The molecule has 2 heterocycles. The van der Waals surface area contributed by atoms with Crippen LogP contribution in [-0.4, -0.2) is 28.2 Å². The van der Waals surface area contributed by atoms with Crippen LogP contribution in [0.2, 0.25) is 0 Å². The third-order valence-corrected chi connectivity index (χ3v) is 3.86. The molecule has 6 nitrogen and oxygen atoms in total. The number of aromatic amines is 1. The van der Waals surface area contributed by atoms with E-state index in [1.54, 1.807) is 11.0 Å². The monoisotopic (exact) mass is 285 g/mol. The van der Waals surface area contributed by atoms with E-state index in [-0.39, 0.29) is 11.5 Å². The molecule has 1 atom stereocenters. The predicted octanol–water partition coefficient (Wildman–Crippen LogP) is 0.362. The van der Waals surface area contributed by atoms with Crippen molar-refractivity contribution in [2.45, 2.75) is 13.0 Å². The van der Waals surface area contributed by atoms with Crippen LogP contribution in [0.5, 0.6) is 0 Å². The number of carbonyl (C=O) groups is 2. The third kappa shape index (κ3) is 2.40. The van der Waals surface area contributed by atoms with Gasteiger partial charge in [-0.2, -0.15) is 0 Å². The average molecular weight is 285 g/mol. The number of hydrogen-bond acceptors (Lipinski definition) is 3. The first-order valence-electron chi connectivity index (χ1n) is 6.75. The quantitative estimate of drug-likeness (QED) is 0.797. The Morgan fingerprint density at radius 1 is 1.29 bits per heavy atom. The highest BCUT2D eigenvalue weighted by Crippen LogP contribution is 2.23. The van der Waals surface area contributed by atoms with E-state index < -0.39 is 11.8 Å². The second kappa shape index (κ2) is 5.05. The van der Waals surface area contributed by atoms with E-state index in [0.717, 1.165) is 16.5 Å². The Hall–Kier alpha value is -2.63. The van der Waals surface area contributed by atoms with Crippen LogP contribution in [0, 0.1) is 5.92 Å². The first-order chi connectivity index (χ1) is 10.1. The Labute approximate surface area is 120 Å². The molecule has 1 aromatic heterocycles. The lowest BCUT2D eigenvalue weighted by atomic mass is 10.1. The minimum atomic E-state index is -0.709. The second-order valence-corrected chi connectivity index (χ2v) is 5.20. The Morgan fingerprint density at radius 3 is 2.81 bits per heavy atom. The van der Waals surface area contributed by atoms with Gasteiger partial charge in [-0.3, -0.25) is 14.4 Å². The van der Waals surface area contributed by atoms with E-state index >= 15 is 0 Å². The molecule has 3 N–H and O–H groups in total. The zero-order valence-corrected chi connectivity index (χ0v) is 11.3. The van der Waals surface area contributed by atoms with E-state index in [1.807, 2.05) is 18.2 Å². The van der Waals surface area contributed by atoms with E-state index in [0.29, 0.717) is 19.5 Å². The summed E-state index contributed by atoms with van der Waals surface area (Å²) in [5.74, 6) is -1.49. The van der Waals surface area contributed by atoms with Crippen LogP contribution >= 0.6 is 0 Å². The van der Waals surface area contributed by atoms with Gasteiger partial charge < -0.3 is 15.6 Å². The number of primary amides is 1. The number of benzene rings is 1. The minimum Gasteiger partial charge on any atom is -0.369 e. The van der Waals surface area contributed by atoms with Crippen molar-refractivity contribution in [2.75, 3.05) is 6.54 Å². The number of hydrogen-bond donors (Lipinski definition) is 2. The van der Waals surface area contributed by atoms with E-state index in [9.17, 15) is 14.4 Å². The lowest BCUT2D eigenvalue weighted by Gasteiger charge is -2.17. The lowest BCUT2D eigenvalue weighted by Crippen LogP contribution is -2.33. The molecular formula is C15H15N3O3. The molecule has 0 spiro atoms. The topological polar surface area (TPSA) is 96.3 Å². The van der Waals surface area contributed by atoms with Crippen molar-refractivity contribution in [1.82, 2.24) is 9.88 Å². The van der Waals surface area contributed by atoms with Crippen LogP contribution in [0.1, 0.15) is 12.0 Å². The largest absolute Gasteiger partial charge is 0.369 e. The fourth-order valence-corrected chi connectivity index (χ4v) is 2.76. The molecule has 1 aromatic carbocycles. The molecule has 21 heavy (non-hydrogen) atoms. The first kappa shape index (κ1) is 13.4. The molecule has 108 valence electrons. The summed E-state index contributed by atoms with van der Waals surface area (Å²) in [5, 5.41) is 0.896. The Bertz CT molecular complexity index is 781. The summed E-state index contributed by atoms with van der Waals surface area (Å²) in [5.41, 5.74) is 6.73. The normalized spacial score (nSPS) is 18.4. The molecule has 1 saturated heterocycles. The van der Waals surface area contributed by atoms with Crippen LogP contribution in [0.4, 0.5) is 0 Å². The molecule has 2 aromatic rings. The van der Waals surface area contributed by atoms with Crippen LogP contribution in [0.3, 0.4) is 0 Å². The lowest BCUT2D eigenvalue weighted by molar-refractivity contribution is -0.136. The van der Waals surface area contributed by atoms with Crippen molar-refractivity contribution in [3.05, 3.63) is 46.2 Å². The highest BCUT2D eigenvalue weighted by molar-refractivity contribution is 6.01. The number of carbonyl (C=O) groups excluding carboxylic acids is 2. The summed E-state index contributed by atoms with van der Waals surface area (Å²) in [6.07, 6.45) is 0.468. The van der Waals surface area contributed by atoms with Crippen molar-refractivity contribution in [2.24, 2.45) is 11.7 Å². The van der Waals surface area contributed by atoms with Crippen molar-refractivity contribution >= 4 is 22.7 Å². The Morgan fingerprint density at radius 2 is 2.10 bits per heavy atom. The summed E-state index contributed by atoms with van der Waals surface area (Å²) in [6, 6.07) is 8.77. The van der Waals surface area contributed by atoms with Crippen LogP contribution in [0.15, 0.2) is 35.1 Å². The molecule has 0 saturated carbocycles. The molecular weight excluding hydrogens is 270 g/mol. The molecule has 3 rings (SSSR count). The van der Waals surface area contributed by atoms with Gasteiger partial charge in [0.05, 0.1) is 0 Å². The first-order valence-corrected chi connectivity index (χ1v) is 6.75. The second-order valence-electron chi connectivity index (χ2n) is 5.20. The SMILES string of the molecule is NC(=O)[C@@H]1CCN(Cc2cccc3[nH]c(=O)ccc23)C1=O. The molecule has 0 bridgehead atoms. The summed E-state index contributed by atoms with van der Waals surface area (Å²) in [7, 11) is 0. The van der Waals surface area contributed by atoms with E-state index in [1.165, 1.54) is 6.07 Å². The number of rotatable bonds is 3. The number of nitrogens with one attached hydrogen (secondary N) is 1. The number of pyridine rings is 1. The predicted molar refractivity (Wildman–Crippen MR) is 77.3 cm³/mol. The van der Waals surface area contributed by atoms with Crippen molar-refractivity contribution in [3.8, 4) is 0 Å². The van der Waals surface area contributed by atoms with Gasteiger partial charge in [-0.25, -0.2) is 0 Å². The highest BCUT2D eigenvalue weighted by Gasteiger charge is 2.35. The van der Waals surface area contributed by atoms with Crippen molar-refractivity contribution in [1.29, 1.82) is 0 Å². The van der Waals surface area contributed by atoms with Gasteiger partial charge in [-0.05, 0) is 24.1 Å². The molecule has 0 radical (unpaired) electrons. The fraction of sp³-hybridized carbons (Fsp3) is 0.267. The zero-order chi connectivity index (χ0) is 15.0. The number of aromatic nitrogens is 1. The molecule has 1 fully saturated rings. The summed E-state index contributed by atoms with van der Waals surface area (Å²) in [6.45, 7) is 0.929. The highest BCUT2D eigenvalue weighted by atomic mass is 16.2. The molecule has 1 aliphatic heterocycles. The fourth-order valence-electron chi connectivity index (χ4n) is 2.76. The standard InChI is InChI=1S/C15H15N3O3/c16-14(20)11-6-7-18(15(11)21)8-9-2-1-3-12-10(9)4-5-13(19)17-12/h1-5,11H,6-8H2,(H2,16,20)(H,17,19)/t11-/m0/s1. The van der Waals surface area contributed by atoms with Gasteiger partial charge in [0.1, 0.15) is 5.92 Å². The van der Waals surface area contributed by atoms with Crippen LogP contribution < -0.4 is 11.3 Å². The summed E-state index contributed by atoms with van der Waals surface area (Å²) < 4.78 is 0. The number of likely N-dealkylation sites (tertiary alicyclic amines) is 1. The Balaban J connectivity index is 1.91. The maximum atomic E-state index is 12.1. The van der Waals surface area contributed by atoms with Crippen LogP contribution in [-0.2, 0) is 16.1 Å². The minimum absolute atomic E-state index is 0.161. The molecule has 1 aliphatic rings. The maximum Gasteiger partial charge on any atom is 0.248 e. The van der Waals surface area contributed by atoms with Crippen molar-refractivity contribution < 1.29 is 9.59 Å². The number of fused-ring (bicyclic) bond motifs is 1. The van der Waals surface area contributed by atoms with Gasteiger partial charge >= 0.3 is 0 Å². The van der Waals surface area contributed by atoms with Gasteiger partial charge in [0.2, 0.25) is 17.4 Å². The average Bonchev–Trinajstić information content (AvgIpc) is 2.80. The number of amides is 2. The van der Waals surface area contributed by atoms with E-state index in [4.69, 9.17) is 5.73 Å². The van der Waals surface area contributed by atoms with Gasteiger partial charge in [-0.1, -0.05) is 12.1 Å². The zero-order valence-electron chi connectivity index (χ0n) is 11.3. The number of H-pyrrole nitrogens is 1. The van der Waals surface area contributed by atoms with Gasteiger partial charge in [0, 0.05) is 30.1 Å². The summed E-state index contributed by atoms with van der Waals surface area (Å²) >= 11 is 0. The van der Waals surface area contributed by atoms with Gasteiger partial charge in [0.15, 0.2) is 0 Å². The van der Waals surface area contributed by atoms with Crippen LogP contribution in [0.25, 0.3) is 10.9 Å².